The van der Waals surface area contributed by atoms with Gasteiger partial charge in [-0.25, -0.2) is 9.78 Å². The fraction of sp³-hybridized carbons (Fsp3) is 0. The minimum absolute atomic E-state index is 0.0223. The van der Waals surface area contributed by atoms with Gasteiger partial charge in [-0.2, -0.15) is 5.26 Å². The van der Waals surface area contributed by atoms with E-state index in [1.54, 1.807) is 12.3 Å². The smallest absolute Gasteiger partial charge is 0.337 e. The van der Waals surface area contributed by atoms with Crippen LogP contribution in [-0.2, 0) is 0 Å². The molecule has 0 atom stereocenters. The first-order valence-electron chi connectivity index (χ1n) is 4.60. The predicted molar refractivity (Wildman–Crippen MR) is 60.2 cm³/mol. The molecule has 0 saturated carbocycles. The standard InChI is InChI=1S/C11H6ClN3O2/c12-9-5-7(1-2-8(9)11(16)17)15-4-3-14-10(15)6-13/h1-5H,(H,16,17). The zero-order valence-electron chi connectivity index (χ0n) is 8.46. The molecule has 0 spiro atoms. The van der Waals surface area contributed by atoms with E-state index in [0.717, 1.165) is 0 Å². The second kappa shape index (κ2) is 4.28. The molecule has 2 rings (SSSR count). The molecule has 0 aliphatic rings. The Morgan fingerprint density at radius 3 is 2.88 bits per heavy atom. The minimum atomic E-state index is -1.09. The summed E-state index contributed by atoms with van der Waals surface area (Å²) in [6.45, 7) is 0. The van der Waals surface area contributed by atoms with E-state index in [0.29, 0.717) is 5.69 Å². The van der Waals surface area contributed by atoms with E-state index in [2.05, 4.69) is 4.98 Å². The third-order valence-corrected chi connectivity index (χ3v) is 2.51. The van der Waals surface area contributed by atoms with Gasteiger partial charge in [-0.15, -0.1) is 0 Å². The summed E-state index contributed by atoms with van der Waals surface area (Å²) >= 11 is 5.84. The Morgan fingerprint density at radius 2 is 2.29 bits per heavy atom. The quantitative estimate of drug-likeness (QED) is 0.881. The monoisotopic (exact) mass is 247 g/mol. The number of hydrogen-bond acceptors (Lipinski definition) is 3. The molecule has 84 valence electrons. The zero-order valence-corrected chi connectivity index (χ0v) is 9.22. The van der Waals surface area contributed by atoms with Crippen LogP contribution >= 0.6 is 11.6 Å². The van der Waals surface area contributed by atoms with Crippen LogP contribution < -0.4 is 0 Å². The Labute approximate surface area is 102 Å². The second-order valence-corrected chi connectivity index (χ2v) is 3.61. The van der Waals surface area contributed by atoms with Crippen molar-refractivity contribution in [1.29, 1.82) is 5.26 Å². The van der Waals surface area contributed by atoms with Crippen LogP contribution in [0.25, 0.3) is 5.69 Å². The summed E-state index contributed by atoms with van der Waals surface area (Å²) in [4.78, 5) is 14.6. The molecule has 0 saturated heterocycles. The Morgan fingerprint density at radius 1 is 1.53 bits per heavy atom. The van der Waals surface area contributed by atoms with Gasteiger partial charge in [0.15, 0.2) is 0 Å². The van der Waals surface area contributed by atoms with Crippen molar-refractivity contribution >= 4 is 17.6 Å². The number of halogens is 1. The van der Waals surface area contributed by atoms with Crippen LogP contribution in [0.15, 0.2) is 30.6 Å². The number of rotatable bonds is 2. The summed E-state index contributed by atoms with van der Waals surface area (Å²) in [5.74, 6) is -0.878. The molecule has 1 aromatic heterocycles. The molecular formula is C11H6ClN3O2. The van der Waals surface area contributed by atoms with Gasteiger partial charge in [-0.05, 0) is 18.2 Å². The summed E-state index contributed by atoms with van der Waals surface area (Å²) in [5.41, 5.74) is 0.614. The Hall–Kier alpha value is -2.32. The molecule has 0 unspecified atom stereocenters. The van der Waals surface area contributed by atoms with Crippen molar-refractivity contribution < 1.29 is 9.90 Å². The predicted octanol–water partition coefficient (Wildman–Crippen LogP) is 2.10. The van der Waals surface area contributed by atoms with Crippen molar-refractivity contribution in [2.75, 3.05) is 0 Å². The van der Waals surface area contributed by atoms with Crippen LogP contribution in [0.1, 0.15) is 16.2 Å². The number of aromatic carboxylic acids is 1. The van der Waals surface area contributed by atoms with Crippen LogP contribution in [0.4, 0.5) is 0 Å². The Balaban J connectivity index is 2.53. The number of nitrogens with zero attached hydrogens (tertiary/aromatic N) is 3. The molecule has 0 amide bonds. The summed E-state index contributed by atoms with van der Waals surface area (Å²) in [7, 11) is 0. The third kappa shape index (κ3) is 1.98. The average Bonchev–Trinajstić information content (AvgIpc) is 2.76. The van der Waals surface area contributed by atoms with Gasteiger partial charge in [-0.1, -0.05) is 11.6 Å². The van der Waals surface area contributed by atoms with Crippen molar-refractivity contribution in [2.24, 2.45) is 0 Å². The van der Waals surface area contributed by atoms with E-state index in [1.165, 1.54) is 22.9 Å². The van der Waals surface area contributed by atoms with Crippen LogP contribution in [0.3, 0.4) is 0 Å². The van der Waals surface area contributed by atoms with Gasteiger partial charge in [0.2, 0.25) is 5.82 Å². The highest BCUT2D eigenvalue weighted by atomic mass is 35.5. The molecule has 5 nitrogen and oxygen atoms in total. The lowest BCUT2D eigenvalue weighted by molar-refractivity contribution is 0.0697. The molecule has 0 radical (unpaired) electrons. The Bertz CT molecular complexity index is 628. The maximum atomic E-state index is 10.8. The number of carboxylic acid groups (broad SMARTS) is 1. The number of hydrogen-bond donors (Lipinski definition) is 1. The molecule has 0 aliphatic carbocycles. The fourth-order valence-corrected chi connectivity index (χ4v) is 1.68. The maximum Gasteiger partial charge on any atom is 0.337 e. The van der Waals surface area contributed by atoms with E-state index in [4.69, 9.17) is 22.0 Å². The largest absolute Gasteiger partial charge is 0.478 e. The van der Waals surface area contributed by atoms with Crippen LogP contribution in [-0.4, -0.2) is 20.6 Å². The van der Waals surface area contributed by atoms with Gasteiger partial charge >= 0.3 is 5.97 Å². The van der Waals surface area contributed by atoms with Crippen LogP contribution in [0, 0.1) is 11.3 Å². The molecule has 1 heterocycles. The molecule has 0 aliphatic heterocycles. The molecule has 1 N–H and O–H groups in total. The van der Waals surface area contributed by atoms with Crippen LogP contribution in [0.2, 0.25) is 5.02 Å². The molecule has 17 heavy (non-hydrogen) atoms. The van der Waals surface area contributed by atoms with Crippen LogP contribution in [0.5, 0.6) is 0 Å². The number of carbonyl (C=O) groups is 1. The van der Waals surface area contributed by atoms with E-state index in [-0.39, 0.29) is 16.4 Å². The zero-order chi connectivity index (χ0) is 12.4. The van der Waals surface area contributed by atoms with Gasteiger partial charge < -0.3 is 5.11 Å². The van der Waals surface area contributed by atoms with Gasteiger partial charge in [-0.3, -0.25) is 4.57 Å². The topological polar surface area (TPSA) is 78.9 Å². The van der Waals surface area contributed by atoms with E-state index in [9.17, 15) is 4.79 Å². The van der Waals surface area contributed by atoms with Gasteiger partial charge in [0.25, 0.3) is 0 Å². The van der Waals surface area contributed by atoms with Crippen molar-refractivity contribution in [3.63, 3.8) is 0 Å². The first kappa shape index (κ1) is 11.2. The first-order chi connectivity index (χ1) is 8.13. The molecule has 0 bridgehead atoms. The van der Waals surface area contributed by atoms with Gasteiger partial charge in [0, 0.05) is 18.1 Å². The first-order valence-corrected chi connectivity index (χ1v) is 4.98. The normalized spacial score (nSPS) is 9.88. The number of aromatic nitrogens is 2. The van der Waals surface area contributed by atoms with Crippen molar-refractivity contribution in [2.45, 2.75) is 0 Å². The highest BCUT2D eigenvalue weighted by Gasteiger charge is 2.11. The highest BCUT2D eigenvalue weighted by molar-refractivity contribution is 6.33. The van der Waals surface area contributed by atoms with Crippen molar-refractivity contribution in [3.05, 3.63) is 47.0 Å². The van der Waals surface area contributed by atoms with Crippen molar-refractivity contribution in [3.8, 4) is 11.8 Å². The molecule has 6 heteroatoms. The second-order valence-electron chi connectivity index (χ2n) is 3.20. The summed E-state index contributed by atoms with van der Waals surface area (Å²) < 4.78 is 1.53. The maximum absolute atomic E-state index is 10.8. The third-order valence-electron chi connectivity index (χ3n) is 2.20. The molecule has 2 aromatic rings. The summed E-state index contributed by atoms with van der Waals surface area (Å²) in [5, 5.41) is 17.8. The van der Waals surface area contributed by atoms with E-state index >= 15 is 0 Å². The lowest BCUT2D eigenvalue weighted by Gasteiger charge is -2.05. The minimum Gasteiger partial charge on any atom is -0.478 e. The SMILES string of the molecule is N#Cc1nccn1-c1ccc(C(=O)O)c(Cl)c1. The molecule has 0 fully saturated rings. The summed E-state index contributed by atoms with van der Waals surface area (Å²) in [6, 6.07) is 6.36. The number of nitriles is 1. The lowest BCUT2D eigenvalue weighted by atomic mass is 10.2. The van der Waals surface area contributed by atoms with E-state index < -0.39 is 5.97 Å². The lowest BCUT2D eigenvalue weighted by Crippen LogP contribution is -2.01. The van der Waals surface area contributed by atoms with E-state index in [1.807, 2.05) is 6.07 Å². The van der Waals surface area contributed by atoms with Gasteiger partial charge in [0.05, 0.1) is 10.6 Å². The average molecular weight is 248 g/mol. The van der Waals surface area contributed by atoms with Crippen molar-refractivity contribution in [1.82, 2.24) is 9.55 Å². The fourth-order valence-electron chi connectivity index (χ4n) is 1.42. The highest BCUT2D eigenvalue weighted by Crippen LogP contribution is 2.21. The Kier molecular flexibility index (Phi) is 2.81. The number of benzene rings is 1. The van der Waals surface area contributed by atoms with Gasteiger partial charge in [0.1, 0.15) is 6.07 Å². The summed E-state index contributed by atoms with van der Waals surface area (Å²) in [6.07, 6.45) is 3.09. The molecular weight excluding hydrogens is 242 g/mol. The number of imidazole rings is 1. The number of carboxylic acids is 1. The molecule has 1 aromatic carbocycles.